The van der Waals surface area contributed by atoms with Crippen LogP contribution in [0.4, 0.5) is 0 Å². The number of rotatable bonds is 1. The van der Waals surface area contributed by atoms with Gasteiger partial charge in [-0.15, -0.1) is 0 Å². The number of ether oxygens (including phenoxy) is 1. The molecule has 2 aliphatic rings. The minimum absolute atomic E-state index is 0.0848. The summed E-state index contributed by atoms with van der Waals surface area (Å²) in [5.41, 5.74) is -1.33. The van der Waals surface area contributed by atoms with E-state index in [1.54, 1.807) is 13.8 Å². The Kier molecular flexibility index (Phi) is 3.10. The van der Waals surface area contributed by atoms with Crippen molar-refractivity contribution in [1.29, 1.82) is 5.26 Å². The number of nitrogens with zero attached hydrogens (tertiary/aromatic N) is 1. The Morgan fingerprint density at radius 2 is 1.84 bits per heavy atom. The van der Waals surface area contributed by atoms with Crippen LogP contribution in [0, 0.1) is 34.5 Å². The number of hydrogen-bond acceptors (Lipinski definition) is 4. The van der Waals surface area contributed by atoms with E-state index in [-0.39, 0.29) is 29.2 Å². The van der Waals surface area contributed by atoms with Crippen molar-refractivity contribution < 1.29 is 14.3 Å². The van der Waals surface area contributed by atoms with Crippen LogP contribution in [0.15, 0.2) is 0 Å². The molecule has 0 amide bonds. The Bertz CT molecular complexity index is 451. The smallest absolute Gasteiger partial charge is 0.147 e. The second-order valence-electron chi connectivity index (χ2n) is 6.80. The summed E-state index contributed by atoms with van der Waals surface area (Å²) >= 11 is 0. The highest BCUT2D eigenvalue weighted by Gasteiger charge is 2.68. The van der Waals surface area contributed by atoms with Crippen molar-refractivity contribution in [3.05, 3.63) is 0 Å². The van der Waals surface area contributed by atoms with Crippen LogP contribution in [-0.2, 0) is 14.3 Å². The molecule has 0 radical (unpaired) electrons. The predicted molar refractivity (Wildman–Crippen MR) is 69.1 cm³/mol. The zero-order valence-electron chi connectivity index (χ0n) is 12.2. The molecule has 4 heteroatoms. The number of Topliss-reactive ketones (excluding diaryl/α,β-unsaturated/α-hetero) is 2. The summed E-state index contributed by atoms with van der Waals surface area (Å²) < 4.78 is 5.91. The van der Waals surface area contributed by atoms with Gasteiger partial charge in [0.15, 0.2) is 0 Å². The number of fused-ring (bicyclic) bond motifs is 1. The maximum atomic E-state index is 12.2. The van der Waals surface area contributed by atoms with E-state index in [1.165, 1.54) is 0 Å². The van der Waals surface area contributed by atoms with Crippen LogP contribution in [0.1, 0.15) is 41.0 Å². The lowest BCUT2D eigenvalue weighted by Crippen LogP contribution is -2.67. The lowest BCUT2D eigenvalue weighted by atomic mass is 9.46. The molecule has 4 nitrogen and oxygen atoms in total. The molecule has 0 saturated heterocycles. The highest BCUT2D eigenvalue weighted by Crippen LogP contribution is 2.58. The van der Waals surface area contributed by atoms with Crippen molar-refractivity contribution in [2.24, 2.45) is 23.2 Å². The van der Waals surface area contributed by atoms with Gasteiger partial charge >= 0.3 is 0 Å². The fourth-order valence-corrected chi connectivity index (χ4v) is 3.47. The molecule has 2 fully saturated rings. The third kappa shape index (κ3) is 1.83. The van der Waals surface area contributed by atoms with Crippen molar-refractivity contribution in [3.63, 3.8) is 0 Å². The van der Waals surface area contributed by atoms with Gasteiger partial charge in [0.25, 0.3) is 0 Å². The molecule has 0 aromatic rings. The van der Waals surface area contributed by atoms with E-state index in [0.717, 1.165) is 0 Å². The molecule has 0 spiro atoms. The maximum Gasteiger partial charge on any atom is 0.147 e. The molecule has 0 aliphatic heterocycles. The van der Waals surface area contributed by atoms with Crippen LogP contribution < -0.4 is 0 Å². The molecule has 0 aromatic carbocycles. The third-order valence-corrected chi connectivity index (χ3v) is 4.59. The van der Waals surface area contributed by atoms with Crippen molar-refractivity contribution in [2.45, 2.75) is 52.7 Å². The predicted octanol–water partition coefficient (Wildman–Crippen LogP) is 2.12. The van der Waals surface area contributed by atoms with Gasteiger partial charge in [0.2, 0.25) is 0 Å². The van der Waals surface area contributed by atoms with E-state index in [0.29, 0.717) is 6.42 Å². The molecule has 2 aliphatic carbocycles. The first kappa shape index (κ1) is 14.2. The normalized spacial score (nSPS) is 42.3. The zero-order chi connectivity index (χ0) is 14.6. The number of hydrogen-bond donors (Lipinski definition) is 0. The van der Waals surface area contributed by atoms with Crippen LogP contribution >= 0.6 is 0 Å². The van der Waals surface area contributed by atoms with Crippen molar-refractivity contribution in [1.82, 2.24) is 0 Å². The van der Waals surface area contributed by atoms with E-state index < -0.39 is 17.3 Å². The molecular formula is C15H21NO3. The number of ketones is 2. The van der Waals surface area contributed by atoms with Gasteiger partial charge in [0.1, 0.15) is 17.0 Å². The fourth-order valence-electron chi connectivity index (χ4n) is 3.47. The number of nitriles is 1. The summed E-state index contributed by atoms with van der Waals surface area (Å²) in [7, 11) is 0. The molecule has 19 heavy (non-hydrogen) atoms. The SMILES string of the molecule is CC1C(=O)C(C)[C@]2(C#N)[C@@H](OC(C)(C)C)C[C@H]2C1=O. The zero-order valence-corrected chi connectivity index (χ0v) is 12.2. The molecule has 0 aromatic heterocycles. The molecule has 2 unspecified atom stereocenters. The molecule has 5 atom stereocenters. The quantitative estimate of drug-likeness (QED) is 0.680. The Morgan fingerprint density at radius 3 is 2.32 bits per heavy atom. The Balaban J connectivity index is 2.36. The Hall–Kier alpha value is -1.21. The van der Waals surface area contributed by atoms with E-state index in [1.807, 2.05) is 20.8 Å². The highest BCUT2D eigenvalue weighted by atomic mass is 16.5. The van der Waals surface area contributed by atoms with Gasteiger partial charge in [-0.2, -0.15) is 5.26 Å². The summed E-state index contributed by atoms with van der Waals surface area (Å²) in [6.07, 6.45) is 0.240. The average molecular weight is 263 g/mol. The average Bonchev–Trinajstić information content (AvgIpc) is 2.29. The van der Waals surface area contributed by atoms with E-state index >= 15 is 0 Å². The number of carbonyl (C=O) groups is 2. The molecule has 2 rings (SSSR count). The van der Waals surface area contributed by atoms with Crippen LogP contribution in [0.3, 0.4) is 0 Å². The van der Waals surface area contributed by atoms with Crippen molar-refractivity contribution in [3.8, 4) is 6.07 Å². The van der Waals surface area contributed by atoms with Gasteiger partial charge in [-0.1, -0.05) is 6.92 Å². The highest BCUT2D eigenvalue weighted by molar-refractivity contribution is 6.08. The maximum absolute atomic E-state index is 12.2. The lowest BCUT2D eigenvalue weighted by molar-refractivity contribution is -0.209. The largest absolute Gasteiger partial charge is 0.371 e. The topological polar surface area (TPSA) is 67.2 Å². The minimum atomic E-state index is -0.950. The van der Waals surface area contributed by atoms with Crippen LogP contribution in [0.25, 0.3) is 0 Å². The minimum Gasteiger partial charge on any atom is -0.371 e. The molecule has 104 valence electrons. The van der Waals surface area contributed by atoms with Gasteiger partial charge < -0.3 is 4.74 Å². The monoisotopic (exact) mass is 263 g/mol. The molecule has 0 bridgehead atoms. The molecule has 2 saturated carbocycles. The Morgan fingerprint density at radius 1 is 1.26 bits per heavy atom. The van der Waals surface area contributed by atoms with Crippen molar-refractivity contribution in [2.75, 3.05) is 0 Å². The van der Waals surface area contributed by atoms with E-state index in [4.69, 9.17) is 4.74 Å². The number of carbonyl (C=O) groups excluding carboxylic acids is 2. The van der Waals surface area contributed by atoms with Crippen LogP contribution in [0.2, 0.25) is 0 Å². The van der Waals surface area contributed by atoms with E-state index in [9.17, 15) is 14.9 Å². The molecular weight excluding hydrogens is 242 g/mol. The summed E-state index contributed by atoms with van der Waals surface area (Å²) in [6.45, 7) is 9.18. The summed E-state index contributed by atoms with van der Waals surface area (Å²) in [5.74, 6) is -1.55. The van der Waals surface area contributed by atoms with Gasteiger partial charge in [-0.3, -0.25) is 9.59 Å². The summed E-state index contributed by atoms with van der Waals surface area (Å²) in [5, 5.41) is 9.60. The fraction of sp³-hybridized carbons (Fsp3) is 0.800. The summed E-state index contributed by atoms with van der Waals surface area (Å²) in [4.78, 5) is 24.4. The second-order valence-corrected chi connectivity index (χ2v) is 6.80. The van der Waals surface area contributed by atoms with Crippen LogP contribution in [0.5, 0.6) is 0 Å². The standard InChI is InChI=1S/C15H21NO3/c1-8-12(17)9(2)15(7-16)10(13(8)18)6-11(15)19-14(3,4)5/h8-11H,6H2,1-5H3/t8?,9?,10-,11-,15-/m0/s1. The van der Waals surface area contributed by atoms with Gasteiger partial charge in [0, 0.05) is 11.8 Å². The lowest BCUT2D eigenvalue weighted by Gasteiger charge is -2.57. The molecule has 0 heterocycles. The Labute approximate surface area is 114 Å². The van der Waals surface area contributed by atoms with Gasteiger partial charge in [0.05, 0.1) is 23.7 Å². The van der Waals surface area contributed by atoms with Crippen molar-refractivity contribution >= 4 is 11.6 Å². The first-order valence-electron chi connectivity index (χ1n) is 6.81. The molecule has 0 N–H and O–H groups in total. The first-order valence-corrected chi connectivity index (χ1v) is 6.81. The second kappa shape index (κ2) is 4.14. The summed E-state index contributed by atoms with van der Waals surface area (Å²) in [6, 6.07) is 2.25. The van der Waals surface area contributed by atoms with Gasteiger partial charge in [-0.05, 0) is 34.1 Å². The first-order chi connectivity index (χ1) is 8.65. The third-order valence-electron chi connectivity index (χ3n) is 4.59. The van der Waals surface area contributed by atoms with E-state index in [2.05, 4.69) is 6.07 Å². The van der Waals surface area contributed by atoms with Crippen LogP contribution in [-0.4, -0.2) is 23.3 Å². The van der Waals surface area contributed by atoms with Gasteiger partial charge in [-0.25, -0.2) is 0 Å².